The highest BCUT2D eigenvalue weighted by atomic mass is 32.2. The van der Waals surface area contributed by atoms with Crippen molar-refractivity contribution < 1.29 is 8.42 Å². The average molecular weight is 282 g/mol. The fraction of sp³-hybridized carbons (Fsp3) is 0.571. The summed E-state index contributed by atoms with van der Waals surface area (Å²) in [6, 6.07) is 5.36. The third kappa shape index (κ3) is 2.83. The van der Waals surface area contributed by atoms with Gasteiger partial charge in [0.05, 0.1) is 4.90 Å². The van der Waals surface area contributed by atoms with E-state index < -0.39 is 10.0 Å². The number of rotatable bonds is 4. The molecule has 1 aromatic carbocycles. The highest BCUT2D eigenvalue weighted by Gasteiger charge is 2.30. The Hall–Kier alpha value is -0.910. The minimum Gasteiger partial charge on any atom is -0.326 e. The van der Waals surface area contributed by atoms with Crippen LogP contribution in [0.15, 0.2) is 23.1 Å². The number of sulfonamides is 1. The van der Waals surface area contributed by atoms with Gasteiger partial charge in [0.15, 0.2) is 0 Å². The van der Waals surface area contributed by atoms with Crippen LogP contribution in [0.25, 0.3) is 0 Å². The molecule has 0 saturated heterocycles. The Morgan fingerprint density at radius 1 is 1.32 bits per heavy atom. The number of aryl methyl sites for hydroxylation is 1. The maximum Gasteiger partial charge on any atom is 0.243 e. The minimum absolute atomic E-state index is 0.146. The summed E-state index contributed by atoms with van der Waals surface area (Å²) in [4.78, 5) is 0.355. The lowest BCUT2D eigenvalue weighted by Gasteiger charge is -2.24. The van der Waals surface area contributed by atoms with Crippen LogP contribution in [-0.2, 0) is 16.6 Å². The summed E-state index contributed by atoms with van der Waals surface area (Å²) in [5.41, 5.74) is 7.57. The molecule has 0 bridgehead atoms. The van der Waals surface area contributed by atoms with Gasteiger partial charge in [-0.1, -0.05) is 18.9 Å². The van der Waals surface area contributed by atoms with Crippen molar-refractivity contribution in [2.75, 3.05) is 7.05 Å². The topological polar surface area (TPSA) is 63.4 Å². The molecule has 1 aliphatic carbocycles. The van der Waals surface area contributed by atoms with E-state index >= 15 is 0 Å². The standard InChI is InChI=1S/C14H22N2O2S/c1-11-7-8-14(9-12(11)10-15)19(17,18)16(2)13-5-3-4-6-13/h7-9,13H,3-6,10,15H2,1-2H3. The van der Waals surface area contributed by atoms with E-state index in [1.807, 2.05) is 13.0 Å². The van der Waals surface area contributed by atoms with E-state index in [0.29, 0.717) is 11.4 Å². The molecular formula is C14H22N2O2S. The molecule has 1 saturated carbocycles. The summed E-state index contributed by atoms with van der Waals surface area (Å²) < 4.78 is 26.7. The summed E-state index contributed by atoms with van der Waals surface area (Å²) in [5, 5.41) is 0. The largest absolute Gasteiger partial charge is 0.326 e. The Morgan fingerprint density at radius 2 is 1.95 bits per heavy atom. The number of nitrogens with zero attached hydrogens (tertiary/aromatic N) is 1. The van der Waals surface area contributed by atoms with Crippen LogP contribution >= 0.6 is 0 Å². The molecule has 0 radical (unpaired) electrons. The minimum atomic E-state index is -3.39. The van der Waals surface area contributed by atoms with Crippen LogP contribution in [0.1, 0.15) is 36.8 Å². The zero-order chi connectivity index (χ0) is 14.0. The van der Waals surface area contributed by atoms with Gasteiger partial charge in [0.2, 0.25) is 10.0 Å². The van der Waals surface area contributed by atoms with Gasteiger partial charge < -0.3 is 5.73 Å². The molecule has 0 atom stereocenters. The fourth-order valence-electron chi connectivity index (χ4n) is 2.66. The van der Waals surface area contributed by atoms with E-state index in [-0.39, 0.29) is 6.04 Å². The summed E-state index contributed by atoms with van der Waals surface area (Å²) in [5.74, 6) is 0. The first kappa shape index (κ1) is 14.5. The highest BCUT2D eigenvalue weighted by molar-refractivity contribution is 7.89. The first-order chi connectivity index (χ1) is 8.96. The van der Waals surface area contributed by atoms with Crippen LogP contribution in [0.4, 0.5) is 0 Å². The molecule has 2 N–H and O–H groups in total. The Balaban J connectivity index is 2.33. The second kappa shape index (κ2) is 5.61. The molecule has 1 aliphatic rings. The van der Waals surface area contributed by atoms with E-state index in [9.17, 15) is 8.42 Å². The molecule has 1 aromatic rings. The van der Waals surface area contributed by atoms with Crippen LogP contribution in [0.3, 0.4) is 0 Å². The summed E-state index contributed by atoms with van der Waals surface area (Å²) >= 11 is 0. The van der Waals surface area contributed by atoms with Crippen LogP contribution in [0.5, 0.6) is 0 Å². The zero-order valence-corrected chi connectivity index (χ0v) is 12.4. The van der Waals surface area contributed by atoms with Crippen molar-refractivity contribution in [2.45, 2.75) is 50.1 Å². The smallest absolute Gasteiger partial charge is 0.243 e. The molecular weight excluding hydrogens is 260 g/mol. The van der Waals surface area contributed by atoms with Crippen molar-refractivity contribution in [1.29, 1.82) is 0 Å². The molecule has 1 fully saturated rings. The van der Waals surface area contributed by atoms with Gasteiger partial charge in [-0.2, -0.15) is 4.31 Å². The van der Waals surface area contributed by atoms with E-state index in [2.05, 4.69) is 0 Å². The molecule has 106 valence electrons. The Bertz CT molecular complexity index is 549. The Morgan fingerprint density at radius 3 is 2.53 bits per heavy atom. The maximum atomic E-state index is 12.6. The third-order valence-electron chi connectivity index (χ3n) is 4.06. The van der Waals surface area contributed by atoms with E-state index in [1.165, 1.54) is 4.31 Å². The van der Waals surface area contributed by atoms with Crippen molar-refractivity contribution in [3.05, 3.63) is 29.3 Å². The Labute approximate surface area is 115 Å². The zero-order valence-electron chi connectivity index (χ0n) is 11.6. The van der Waals surface area contributed by atoms with Crippen LogP contribution in [0, 0.1) is 6.92 Å². The summed E-state index contributed by atoms with van der Waals surface area (Å²) in [6.45, 7) is 2.31. The van der Waals surface area contributed by atoms with Crippen molar-refractivity contribution in [2.24, 2.45) is 5.73 Å². The van der Waals surface area contributed by atoms with Crippen LogP contribution < -0.4 is 5.73 Å². The molecule has 0 aliphatic heterocycles. The fourth-order valence-corrected chi connectivity index (χ4v) is 4.13. The highest BCUT2D eigenvalue weighted by Crippen LogP contribution is 2.27. The molecule has 0 unspecified atom stereocenters. The maximum absolute atomic E-state index is 12.6. The van der Waals surface area contributed by atoms with Gasteiger partial charge in [0.1, 0.15) is 0 Å². The first-order valence-electron chi connectivity index (χ1n) is 6.74. The molecule has 4 nitrogen and oxygen atoms in total. The monoisotopic (exact) mass is 282 g/mol. The molecule has 0 spiro atoms. The van der Waals surface area contributed by atoms with Gasteiger partial charge in [-0.05, 0) is 43.0 Å². The summed E-state index contributed by atoms with van der Waals surface area (Å²) in [6.07, 6.45) is 4.16. The quantitative estimate of drug-likeness (QED) is 0.919. The van der Waals surface area contributed by atoms with E-state index in [0.717, 1.165) is 36.8 Å². The lowest BCUT2D eigenvalue weighted by Crippen LogP contribution is -2.35. The van der Waals surface area contributed by atoms with Crippen molar-refractivity contribution in [3.8, 4) is 0 Å². The predicted octanol–water partition coefficient (Wildman–Crippen LogP) is 2.02. The van der Waals surface area contributed by atoms with Gasteiger partial charge >= 0.3 is 0 Å². The van der Waals surface area contributed by atoms with Crippen molar-refractivity contribution in [3.63, 3.8) is 0 Å². The van der Waals surface area contributed by atoms with Gasteiger partial charge in [-0.3, -0.25) is 0 Å². The van der Waals surface area contributed by atoms with Gasteiger partial charge in [-0.15, -0.1) is 0 Å². The number of benzene rings is 1. The number of hydrogen-bond acceptors (Lipinski definition) is 3. The van der Waals surface area contributed by atoms with Gasteiger partial charge in [0.25, 0.3) is 0 Å². The molecule has 5 heteroatoms. The number of hydrogen-bond donors (Lipinski definition) is 1. The SMILES string of the molecule is Cc1ccc(S(=O)(=O)N(C)C2CCCC2)cc1CN. The van der Waals surface area contributed by atoms with E-state index in [1.54, 1.807) is 19.2 Å². The molecule has 0 heterocycles. The van der Waals surface area contributed by atoms with Crippen molar-refractivity contribution >= 4 is 10.0 Å². The third-order valence-corrected chi connectivity index (χ3v) is 5.96. The lowest BCUT2D eigenvalue weighted by atomic mass is 10.1. The first-order valence-corrected chi connectivity index (χ1v) is 8.18. The van der Waals surface area contributed by atoms with Gasteiger partial charge in [-0.25, -0.2) is 8.42 Å². The van der Waals surface area contributed by atoms with Crippen LogP contribution in [-0.4, -0.2) is 25.8 Å². The molecule has 19 heavy (non-hydrogen) atoms. The molecule has 0 aromatic heterocycles. The number of nitrogens with two attached hydrogens (primary N) is 1. The molecule has 2 rings (SSSR count). The summed E-state index contributed by atoms with van der Waals surface area (Å²) in [7, 11) is -1.71. The predicted molar refractivity (Wildman–Crippen MR) is 76.3 cm³/mol. The van der Waals surface area contributed by atoms with Crippen LogP contribution in [0.2, 0.25) is 0 Å². The van der Waals surface area contributed by atoms with E-state index in [4.69, 9.17) is 5.73 Å². The average Bonchev–Trinajstić information content (AvgIpc) is 2.91. The second-order valence-corrected chi connectivity index (χ2v) is 7.25. The molecule has 0 amide bonds. The lowest BCUT2D eigenvalue weighted by molar-refractivity contribution is 0.373. The Kier molecular flexibility index (Phi) is 4.28. The second-order valence-electron chi connectivity index (χ2n) is 5.25. The normalized spacial score (nSPS) is 17.3. The van der Waals surface area contributed by atoms with Crippen molar-refractivity contribution in [1.82, 2.24) is 4.31 Å². The van der Waals surface area contributed by atoms with Gasteiger partial charge in [0, 0.05) is 19.6 Å².